The molecule has 0 aromatic heterocycles. The fourth-order valence-electron chi connectivity index (χ4n) is 0.377. The highest BCUT2D eigenvalue weighted by atomic mass is 19.1. The fourth-order valence-corrected chi connectivity index (χ4v) is 0.377. The van der Waals surface area contributed by atoms with Gasteiger partial charge in [0.15, 0.2) is 0 Å². The molecule has 0 atom stereocenters. The average Bonchev–Trinajstić information content (AvgIpc) is 1.63. The van der Waals surface area contributed by atoms with Crippen LogP contribution in [-0.4, -0.2) is 11.9 Å². The Morgan fingerprint density at radius 1 is 1.56 bits per heavy atom. The number of hydrogen-bond acceptors (Lipinski definition) is 1. The van der Waals surface area contributed by atoms with Gasteiger partial charge in [-0.3, -0.25) is 0 Å². The van der Waals surface area contributed by atoms with Crippen LogP contribution in [0.15, 0.2) is 24.3 Å². The topological polar surface area (TPSA) is 3.24 Å². The van der Waals surface area contributed by atoms with Crippen molar-refractivity contribution in [2.75, 3.05) is 7.05 Å². The van der Waals surface area contributed by atoms with Crippen molar-refractivity contribution in [1.82, 2.24) is 4.90 Å². The zero-order valence-corrected chi connectivity index (χ0v) is 6.11. The van der Waals surface area contributed by atoms with Gasteiger partial charge in [0.2, 0.25) is 0 Å². The SMILES string of the molecule is C=C(C)N(C)/C=C(/C)F. The molecule has 0 unspecified atom stereocenters. The highest BCUT2D eigenvalue weighted by Gasteiger charge is 1.90. The van der Waals surface area contributed by atoms with E-state index in [4.69, 9.17) is 0 Å². The Morgan fingerprint density at radius 3 is 2.11 bits per heavy atom. The molecule has 1 nitrogen and oxygen atoms in total. The van der Waals surface area contributed by atoms with Gasteiger partial charge < -0.3 is 4.90 Å². The maximum Gasteiger partial charge on any atom is 0.113 e. The van der Waals surface area contributed by atoms with Gasteiger partial charge in [0.1, 0.15) is 5.83 Å². The molecule has 9 heavy (non-hydrogen) atoms. The molecule has 0 aliphatic heterocycles. The van der Waals surface area contributed by atoms with Crippen LogP contribution in [0.1, 0.15) is 13.8 Å². The molecule has 0 bridgehead atoms. The van der Waals surface area contributed by atoms with Crippen LogP contribution in [0.5, 0.6) is 0 Å². The molecule has 2 heteroatoms. The highest BCUT2D eigenvalue weighted by Crippen LogP contribution is 2.01. The third-order valence-electron chi connectivity index (χ3n) is 0.974. The molecule has 0 saturated carbocycles. The summed E-state index contributed by atoms with van der Waals surface area (Å²) in [6.45, 7) is 6.84. The first-order valence-corrected chi connectivity index (χ1v) is 2.76. The average molecular weight is 129 g/mol. The van der Waals surface area contributed by atoms with Crippen LogP contribution in [0.2, 0.25) is 0 Å². The van der Waals surface area contributed by atoms with Crippen molar-refractivity contribution in [3.63, 3.8) is 0 Å². The number of rotatable bonds is 2. The van der Waals surface area contributed by atoms with Crippen LogP contribution in [0.25, 0.3) is 0 Å². The van der Waals surface area contributed by atoms with Crippen molar-refractivity contribution in [2.45, 2.75) is 13.8 Å². The van der Waals surface area contributed by atoms with Crippen molar-refractivity contribution in [3.8, 4) is 0 Å². The Kier molecular flexibility index (Phi) is 2.99. The molecule has 0 aromatic rings. The maximum absolute atomic E-state index is 12.1. The summed E-state index contributed by atoms with van der Waals surface area (Å²) in [4.78, 5) is 1.63. The molecule has 0 saturated heterocycles. The van der Waals surface area contributed by atoms with E-state index in [1.165, 1.54) is 13.1 Å². The van der Waals surface area contributed by atoms with Crippen molar-refractivity contribution in [1.29, 1.82) is 0 Å². The lowest BCUT2D eigenvalue weighted by Gasteiger charge is -2.11. The van der Waals surface area contributed by atoms with E-state index in [-0.39, 0.29) is 5.83 Å². The zero-order chi connectivity index (χ0) is 7.44. The van der Waals surface area contributed by atoms with Gasteiger partial charge in [-0.05, 0) is 13.8 Å². The molecule has 0 aliphatic carbocycles. The summed E-state index contributed by atoms with van der Waals surface area (Å²) in [5.41, 5.74) is 0.826. The van der Waals surface area contributed by atoms with Gasteiger partial charge in [0.25, 0.3) is 0 Å². The van der Waals surface area contributed by atoms with Crippen molar-refractivity contribution in [2.24, 2.45) is 0 Å². The fraction of sp³-hybridized carbons (Fsp3) is 0.429. The Labute approximate surface area is 55.5 Å². The second-order valence-electron chi connectivity index (χ2n) is 2.06. The van der Waals surface area contributed by atoms with E-state index < -0.39 is 0 Å². The van der Waals surface area contributed by atoms with Crippen molar-refractivity contribution < 1.29 is 4.39 Å². The highest BCUT2D eigenvalue weighted by molar-refractivity contribution is 4.97. The molecule has 0 fully saturated rings. The van der Waals surface area contributed by atoms with Crippen LogP contribution in [0, 0.1) is 0 Å². The summed E-state index contributed by atoms with van der Waals surface area (Å²) in [5, 5.41) is 0. The smallest absolute Gasteiger partial charge is 0.113 e. The quantitative estimate of drug-likeness (QED) is 0.553. The van der Waals surface area contributed by atoms with E-state index in [2.05, 4.69) is 6.58 Å². The van der Waals surface area contributed by atoms with Crippen molar-refractivity contribution >= 4 is 0 Å². The summed E-state index contributed by atoms with van der Waals surface area (Å²) >= 11 is 0. The molecular weight excluding hydrogens is 117 g/mol. The lowest BCUT2D eigenvalue weighted by molar-refractivity contribution is 0.528. The molecule has 0 aliphatic rings. The maximum atomic E-state index is 12.1. The Balaban J connectivity index is 3.91. The Bertz CT molecular complexity index is 134. The summed E-state index contributed by atoms with van der Waals surface area (Å²) in [6.07, 6.45) is 1.39. The summed E-state index contributed by atoms with van der Waals surface area (Å²) < 4.78 is 12.1. The van der Waals surface area contributed by atoms with Gasteiger partial charge in [-0.1, -0.05) is 6.58 Å². The third kappa shape index (κ3) is 3.76. The lowest BCUT2D eigenvalue weighted by atomic mass is 10.5. The monoisotopic (exact) mass is 129 g/mol. The third-order valence-corrected chi connectivity index (χ3v) is 0.974. The first-order valence-electron chi connectivity index (χ1n) is 2.76. The van der Waals surface area contributed by atoms with E-state index in [0.29, 0.717) is 0 Å². The van der Waals surface area contributed by atoms with E-state index in [1.807, 2.05) is 6.92 Å². The summed E-state index contributed by atoms with van der Waals surface area (Å²) in [7, 11) is 1.76. The van der Waals surface area contributed by atoms with Crippen LogP contribution in [0.3, 0.4) is 0 Å². The minimum Gasteiger partial charge on any atom is -0.353 e. The molecule has 52 valence electrons. The molecule has 0 heterocycles. The first kappa shape index (κ1) is 8.21. The van der Waals surface area contributed by atoms with Crippen LogP contribution in [-0.2, 0) is 0 Å². The normalized spacial score (nSPS) is 11.3. The summed E-state index contributed by atoms with van der Waals surface area (Å²) in [5.74, 6) is -0.208. The van der Waals surface area contributed by atoms with Gasteiger partial charge in [-0.15, -0.1) is 0 Å². The minimum absolute atomic E-state index is 0.208. The van der Waals surface area contributed by atoms with E-state index >= 15 is 0 Å². The van der Waals surface area contributed by atoms with E-state index in [1.54, 1.807) is 11.9 Å². The Hall–Kier alpha value is -0.790. The molecule has 0 spiro atoms. The predicted molar refractivity (Wildman–Crippen MR) is 37.4 cm³/mol. The standard InChI is InChI=1S/C7H12FN/c1-6(2)9(4)5-7(3)8/h5H,1H2,2-4H3/b7-5-. The summed E-state index contributed by atoms with van der Waals surface area (Å²) in [6, 6.07) is 0. The van der Waals surface area contributed by atoms with Gasteiger partial charge in [-0.2, -0.15) is 0 Å². The van der Waals surface area contributed by atoms with E-state index in [0.717, 1.165) is 5.70 Å². The zero-order valence-electron chi connectivity index (χ0n) is 6.11. The van der Waals surface area contributed by atoms with Gasteiger partial charge >= 0.3 is 0 Å². The predicted octanol–water partition coefficient (Wildman–Crippen LogP) is 2.28. The Morgan fingerprint density at radius 2 is 2.00 bits per heavy atom. The first-order chi connectivity index (χ1) is 4.04. The van der Waals surface area contributed by atoms with Crippen LogP contribution < -0.4 is 0 Å². The minimum atomic E-state index is -0.208. The molecule has 0 radical (unpaired) electrons. The second kappa shape index (κ2) is 3.28. The van der Waals surface area contributed by atoms with Crippen molar-refractivity contribution in [3.05, 3.63) is 24.3 Å². The second-order valence-corrected chi connectivity index (χ2v) is 2.06. The number of hydrogen-bond donors (Lipinski definition) is 0. The van der Waals surface area contributed by atoms with Crippen LogP contribution >= 0.6 is 0 Å². The van der Waals surface area contributed by atoms with E-state index in [9.17, 15) is 4.39 Å². The molecule has 0 rings (SSSR count). The molecule has 0 aromatic carbocycles. The number of nitrogens with zero attached hydrogens (tertiary/aromatic N) is 1. The number of allylic oxidation sites excluding steroid dienone is 2. The largest absolute Gasteiger partial charge is 0.353 e. The van der Waals surface area contributed by atoms with Crippen LogP contribution in [0.4, 0.5) is 4.39 Å². The molecule has 0 amide bonds. The molecule has 0 N–H and O–H groups in total. The molecular formula is C7H12FN. The van der Waals surface area contributed by atoms with Gasteiger partial charge in [0.05, 0.1) is 0 Å². The number of halogens is 1. The lowest BCUT2D eigenvalue weighted by Crippen LogP contribution is -2.05. The van der Waals surface area contributed by atoms with Gasteiger partial charge in [0, 0.05) is 18.9 Å². The van der Waals surface area contributed by atoms with Gasteiger partial charge in [-0.25, -0.2) is 4.39 Å².